The third-order valence-corrected chi connectivity index (χ3v) is 6.39. The van der Waals surface area contributed by atoms with E-state index in [1.54, 1.807) is 30.3 Å². The van der Waals surface area contributed by atoms with Gasteiger partial charge in [0.15, 0.2) is 0 Å². The Kier molecular flexibility index (Phi) is 7.57. The van der Waals surface area contributed by atoms with Crippen molar-refractivity contribution < 1.29 is 33.1 Å². The van der Waals surface area contributed by atoms with Gasteiger partial charge in [-0.25, -0.2) is 9.59 Å². The molecule has 1 fully saturated rings. The van der Waals surface area contributed by atoms with Crippen LogP contribution in [0.5, 0.6) is 0 Å². The van der Waals surface area contributed by atoms with Gasteiger partial charge in [0.2, 0.25) is 0 Å². The summed E-state index contributed by atoms with van der Waals surface area (Å²) in [6.07, 6.45) is -1.81. The number of β-amino-alcohol motifs (C(OH)–C–C–N with tert-alkyl or cyclic N) is 1. The maximum Gasteiger partial charge on any atom is 0.328 e. The number of aliphatic hydroxyl groups is 1. The highest BCUT2D eigenvalue weighted by atomic mass is 35.5. The predicted octanol–water partition coefficient (Wildman–Crippen LogP) is 3.65. The number of benzene rings is 2. The second-order valence-corrected chi connectivity index (χ2v) is 8.95. The molecule has 2 aliphatic heterocycles. The lowest BCUT2D eigenvalue weighted by Gasteiger charge is -2.36. The van der Waals surface area contributed by atoms with Gasteiger partial charge in [0.1, 0.15) is 0 Å². The molecule has 2 aromatic rings. The second kappa shape index (κ2) is 13.5. The van der Waals surface area contributed by atoms with E-state index in [1.165, 1.54) is 21.6 Å². The molecule has 0 bridgehead atoms. The van der Waals surface area contributed by atoms with Crippen molar-refractivity contribution in [2.24, 2.45) is 0 Å². The largest absolute Gasteiger partial charge is 0.478 e. The van der Waals surface area contributed by atoms with Crippen LogP contribution in [0.25, 0.3) is 0 Å². The molecule has 0 aliphatic carbocycles. The number of carbonyl (C=O) groups is 2. The molecule has 0 unspecified atom stereocenters. The number of aliphatic hydroxyl groups excluding tert-OH is 1. The van der Waals surface area contributed by atoms with E-state index in [0.29, 0.717) is 48.2 Å². The molecule has 2 aromatic carbocycles. The van der Waals surface area contributed by atoms with Crippen molar-refractivity contribution >= 4 is 46.7 Å². The maximum atomic E-state index is 9.55. The van der Waals surface area contributed by atoms with E-state index in [2.05, 4.69) is 0 Å². The lowest BCUT2D eigenvalue weighted by Crippen LogP contribution is -2.47. The average Bonchev–Trinajstić information content (AvgIpc) is 2.91. The smallest absolute Gasteiger partial charge is 0.328 e. The third kappa shape index (κ3) is 8.26. The van der Waals surface area contributed by atoms with E-state index in [-0.39, 0.29) is 19.7 Å². The number of anilines is 2. The van der Waals surface area contributed by atoms with Gasteiger partial charge >= 0.3 is 11.9 Å². The molecule has 0 aromatic heterocycles. The van der Waals surface area contributed by atoms with Crippen LogP contribution >= 0.6 is 23.4 Å². The SMILES string of the molecule is O=C(O)/C=C/C(=O)O.[2H]C([2H])(N1CCN(CCO)CC1)C([2H])([2H])C([2H])([2H])N1c2ccccc2Sc2ccc(Cl)cc21. The monoisotopic (exact) mass is 525 g/mol. The van der Waals surface area contributed by atoms with Gasteiger partial charge in [-0.05, 0) is 43.2 Å². The quantitative estimate of drug-likeness (QED) is 0.445. The Hall–Kier alpha value is -2.56. The lowest BCUT2D eigenvalue weighted by atomic mass is 10.2. The van der Waals surface area contributed by atoms with Gasteiger partial charge in [0.25, 0.3) is 0 Å². The van der Waals surface area contributed by atoms with Crippen molar-refractivity contribution in [2.75, 3.05) is 57.2 Å². The number of fused-ring (bicyclic) bond motifs is 2. The molecule has 0 radical (unpaired) electrons. The molecular weight excluding hydrogens is 490 g/mol. The van der Waals surface area contributed by atoms with Gasteiger partial charge in [-0.15, -0.1) is 0 Å². The highest BCUT2D eigenvalue weighted by Gasteiger charge is 2.23. The van der Waals surface area contributed by atoms with Crippen molar-refractivity contribution in [1.82, 2.24) is 9.80 Å². The average molecular weight is 526 g/mol. The summed E-state index contributed by atoms with van der Waals surface area (Å²) in [6, 6.07) is 12.2. The van der Waals surface area contributed by atoms with Crippen molar-refractivity contribution in [3.63, 3.8) is 0 Å². The Bertz CT molecular complexity index is 1280. The zero-order valence-electron chi connectivity index (χ0n) is 24.7. The van der Waals surface area contributed by atoms with E-state index in [4.69, 9.17) is 35.1 Å². The number of hydrogen-bond acceptors (Lipinski definition) is 7. The molecular formula is C25H30ClN3O5S. The molecule has 1 saturated heterocycles. The van der Waals surface area contributed by atoms with Crippen LogP contribution in [0, 0.1) is 0 Å². The number of hydrogen-bond donors (Lipinski definition) is 3. The van der Waals surface area contributed by atoms with Crippen LogP contribution in [0.2, 0.25) is 5.02 Å². The molecule has 2 aliphatic rings. The van der Waals surface area contributed by atoms with Crippen molar-refractivity contribution in [3.8, 4) is 0 Å². The molecule has 0 saturated carbocycles. The summed E-state index contributed by atoms with van der Waals surface area (Å²) in [5, 5.41) is 25.2. The minimum Gasteiger partial charge on any atom is -0.478 e. The first kappa shape index (κ1) is 19.6. The van der Waals surface area contributed by atoms with Crippen molar-refractivity contribution in [1.29, 1.82) is 0 Å². The lowest BCUT2D eigenvalue weighted by molar-refractivity contribution is -0.134. The Morgan fingerprint density at radius 2 is 1.57 bits per heavy atom. The third-order valence-electron chi connectivity index (χ3n) is 5.03. The second-order valence-electron chi connectivity index (χ2n) is 7.43. The standard InChI is InChI=1S/C21H26ClN3OS.C4H4O4/c22-17-6-7-21-19(16-17)25(18-4-1-2-5-20(18)27-21)9-3-8-23-10-12-24(13-11-23)14-15-26;5-3(6)1-2-4(7)8/h1-2,4-7,16,26H,3,8-15H2;1-2H,(H,5,6)(H,7,8)/b;2-1+/i3D2,8D2,9D2;. The number of piperazine rings is 1. The highest BCUT2D eigenvalue weighted by molar-refractivity contribution is 7.99. The summed E-state index contributed by atoms with van der Waals surface area (Å²) in [5.74, 6) is -2.51. The van der Waals surface area contributed by atoms with E-state index >= 15 is 0 Å². The van der Waals surface area contributed by atoms with Crippen LogP contribution in [-0.4, -0.2) is 89.4 Å². The van der Waals surface area contributed by atoms with E-state index < -0.39 is 31.3 Å². The zero-order valence-corrected chi connectivity index (χ0v) is 20.3. The number of nitrogens with zero attached hydrogens (tertiary/aromatic N) is 3. The minimum absolute atomic E-state index is 0.00458. The van der Waals surface area contributed by atoms with E-state index in [1.807, 2.05) is 17.0 Å². The first-order valence-corrected chi connectivity index (χ1v) is 11.9. The van der Waals surface area contributed by atoms with E-state index in [9.17, 15) is 9.59 Å². The number of aliphatic carboxylic acids is 2. The van der Waals surface area contributed by atoms with E-state index in [0.717, 1.165) is 9.79 Å². The van der Waals surface area contributed by atoms with Gasteiger partial charge in [-0.1, -0.05) is 35.5 Å². The first-order chi connectivity index (χ1) is 19.1. The molecule has 10 heteroatoms. The summed E-state index contributed by atoms with van der Waals surface area (Å²) in [5.41, 5.74) is 0.873. The minimum atomic E-state index is -2.92. The van der Waals surface area contributed by atoms with Gasteiger partial charge < -0.3 is 25.1 Å². The van der Waals surface area contributed by atoms with Gasteiger partial charge in [0, 0.05) is 74.4 Å². The fourth-order valence-electron chi connectivity index (χ4n) is 3.38. The van der Waals surface area contributed by atoms with Crippen molar-refractivity contribution in [2.45, 2.75) is 16.2 Å². The Labute approximate surface area is 222 Å². The molecule has 35 heavy (non-hydrogen) atoms. The van der Waals surface area contributed by atoms with Crippen LogP contribution < -0.4 is 4.90 Å². The molecule has 188 valence electrons. The first-order valence-electron chi connectivity index (χ1n) is 13.7. The molecule has 4 rings (SSSR count). The highest BCUT2D eigenvalue weighted by Crippen LogP contribution is 2.48. The zero-order chi connectivity index (χ0) is 30.6. The topological polar surface area (TPSA) is 105 Å². The summed E-state index contributed by atoms with van der Waals surface area (Å²) >= 11 is 7.67. The van der Waals surface area contributed by atoms with Gasteiger partial charge in [-0.3, -0.25) is 4.90 Å². The van der Waals surface area contributed by atoms with Crippen LogP contribution in [0.15, 0.2) is 64.4 Å². The number of carboxylic acids is 2. The molecule has 0 atom stereocenters. The molecule has 3 N–H and O–H groups in total. The maximum absolute atomic E-state index is 9.55. The molecule has 0 amide bonds. The summed E-state index contributed by atoms with van der Waals surface area (Å²) in [6.45, 7) is -3.46. The fraction of sp³-hybridized carbons (Fsp3) is 0.360. The number of para-hydroxylation sites is 1. The Balaban J connectivity index is 0.000000507. The molecule has 8 nitrogen and oxygen atoms in total. The van der Waals surface area contributed by atoms with Crippen molar-refractivity contribution in [3.05, 3.63) is 59.6 Å². The van der Waals surface area contributed by atoms with Crippen LogP contribution in [0.1, 0.15) is 14.6 Å². The van der Waals surface area contributed by atoms with Gasteiger partial charge in [0.05, 0.1) is 18.0 Å². The van der Waals surface area contributed by atoms with Crippen LogP contribution in [0.3, 0.4) is 0 Å². The summed E-state index contributed by atoms with van der Waals surface area (Å²) in [7, 11) is 0. The Morgan fingerprint density at radius 1 is 0.943 bits per heavy atom. The predicted molar refractivity (Wildman–Crippen MR) is 138 cm³/mol. The number of halogens is 1. The number of rotatable bonds is 8. The van der Waals surface area contributed by atoms with Crippen LogP contribution in [0.4, 0.5) is 11.4 Å². The normalized spacial score (nSPS) is 19.5. The Morgan fingerprint density at radius 3 is 2.23 bits per heavy atom. The fourth-order valence-corrected chi connectivity index (χ4v) is 4.58. The summed E-state index contributed by atoms with van der Waals surface area (Å²) < 4.78 is 53.1. The molecule has 0 spiro atoms. The van der Waals surface area contributed by atoms with Gasteiger partial charge in [-0.2, -0.15) is 0 Å². The molecule has 2 heterocycles. The number of carboxylic acid groups (broad SMARTS) is 2. The summed E-state index contributed by atoms with van der Waals surface area (Å²) in [4.78, 5) is 25.2. The van der Waals surface area contributed by atoms with Crippen LogP contribution in [-0.2, 0) is 9.59 Å².